The zero-order chi connectivity index (χ0) is 18.7. The van der Waals surface area contributed by atoms with Crippen LogP contribution in [0.5, 0.6) is 0 Å². The molecule has 0 atom stereocenters. The highest BCUT2D eigenvalue weighted by Gasteiger charge is 2.28. The van der Waals surface area contributed by atoms with Crippen LogP contribution in [0.25, 0.3) is 0 Å². The second-order valence-electron chi connectivity index (χ2n) is 6.54. The summed E-state index contributed by atoms with van der Waals surface area (Å²) < 4.78 is 40.5. The van der Waals surface area contributed by atoms with Gasteiger partial charge in [0.25, 0.3) is 5.91 Å². The van der Waals surface area contributed by atoms with Crippen LogP contribution in [0.1, 0.15) is 30.1 Å². The summed E-state index contributed by atoms with van der Waals surface area (Å²) >= 11 is 0. The lowest BCUT2D eigenvalue weighted by molar-refractivity contribution is 0.102. The number of nitrogens with zero attached hydrogens (tertiary/aromatic N) is 1. The lowest BCUT2D eigenvalue weighted by Crippen LogP contribution is -2.37. The molecular formula is C19H21FN2O3S. The topological polar surface area (TPSA) is 66.5 Å². The Morgan fingerprint density at radius 1 is 1.08 bits per heavy atom. The van der Waals surface area contributed by atoms with Gasteiger partial charge in [-0.15, -0.1) is 0 Å². The first-order valence-electron chi connectivity index (χ1n) is 8.54. The number of hydrogen-bond acceptors (Lipinski definition) is 3. The molecule has 0 aliphatic carbocycles. The summed E-state index contributed by atoms with van der Waals surface area (Å²) in [6.45, 7) is 3.14. The van der Waals surface area contributed by atoms with Gasteiger partial charge in [0.2, 0.25) is 10.0 Å². The zero-order valence-electron chi connectivity index (χ0n) is 14.5. The van der Waals surface area contributed by atoms with Gasteiger partial charge in [-0.1, -0.05) is 19.1 Å². The maximum Gasteiger partial charge on any atom is 0.255 e. The summed E-state index contributed by atoms with van der Waals surface area (Å²) in [5.74, 6) is -0.490. The summed E-state index contributed by atoms with van der Waals surface area (Å²) in [6.07, 6.45) is 1.70. The second-order valence-corrected chi connectivity index (χ2v) is 8.48. The van der Waals surface area contributed by atoms with Crippen molar-refractivity contribution < 1.29 is 17.6 Å². The molecule has 1 amide bonds. The minimum atomic E-state index is -3.55. The molecule has 1 fully saturated rings. The Labute approximate surface area is 152 Å². The number of amides is 1. The highest BCUT2D eigenvalue weighted by atomic mass is 32.2. The largest absolute Gasteiger partial charge is 0.319 e. The molecule has 0 aromatic heterocycles. The lowest BCUT2D eigenvalue weighted by Gasteiger charge is -2.29. The van der Waals surface area contributed by atoms with Crippen molar-refractivity contribution in [3.05, 3.63) is 59.9 Å². The molecule has 2 aromatic carbocycles. The van der Waals surface area contributed by atoms with Crippen LogP contribution in [0.15, 0.2) is 53.4 Å². The predicted molar refractivity (Wildman–Crippen MR) is 98.0 cm³/mol. The molecule has 0 radical (unpaired) electrons. The SMILES string of the molecule is CC1CCN(S(=O)(=O)c2ccc(C(=O)Nc3ccccc3F)cc2)CC1. The van der Waals surface area contributed by atoms with Crippen molar-refractivity contribution in [1.82, 2.24) is 4.31 Å². The van der Waals surface area contributed by atoms with Crippen molar-refractivity contribution in [3.63, 3.8) is 0 Å². The van der Waals surface area contributed by atoms with Gasteiger partial charge >= 0.3 is 0 Å². The van der Waals surface area contributed by atoms with Crippen LogP contribution in [0.2, 0.25) is 0 Å². The van der Waals surface area contributed by atoms with Gasteiger partial charge in [0.15, 0.2) is 0 Å². The van der Waals surface area contributed by atoms with Crippen LogP contribution >= 0.6 is 0 Å². The average molecular weight is 376 g/mol. The van der Waals surface area contributed by atoms with E-state index in [2.05, 4.69) is 12.2 Å². The Hall–Kier alpha value is -2.25. The maximum absolute atomic E-state index is 13.6. The number of anilines is 1. The molecule has 2 aromatic rings. The minimum absolute atomic E-state index is 0.0802. The number of benzene rings is 2. The first-order valence-corrected chi connectivity index (χ1v) is 9.98. The highest BCUT2D eigenvalue weighted by Crippen LogP contribution is 2.24. The third kappa shape index (κ3) is 3.94. The van der Waals surface area contributed by atoms with E-state index in [1.807, 2.05) is 0 Å². The minimum Gasteiger partial charge on any atom is -0.319 e. The van der Waals surface area contributed by atoms with E-state index in [1.165, 1.54) is 46.8 Å². The van der Waals surface area contributed by atoms with Crippen molar-refractivity contribution in [2.75, 3.05) is 18.4 Å². The van der Waals surface area contributed by atoms with E-state index in [4.69, 9.17) is 0 Å². The number of hydrogen-bond donors (Lipinski definition) is 1. The maximum atomic E-state index is 13.6. The zero-order valence-corrected chi connectivity index (χ0v) is 15.3. The molecule has 1 aliphatic rings. The molecule has 0 unspecified atom stereocenters. The van der Waals surface area contributed by atoms with Crippen LogP contribution in [0.3, 0.4) is 0 Å². The Balaban J connectivity index is 1.74. The van der Waals surface area contributed by atoms with Crippen LogP contribution in [-0.4, -0.2) is 31.7 Å². The molecule has 1 saturated heterocycles. The Morgan fingerprint density at radius 2 is 1.69 bits per heavy atom. The van der Waals surface area contributed by atoms with E-state index in [0.717, 1.165) is 12.8 Å². The summed E-state index contributed by atoms with van der Waals surface area (Å²) in [7, 11) is -3.55. The monoisotopic (exact) mass is 376 g/mol. The van der Waals surface area contributed by atoms with Gasteiger partial charge in [-0.2, -0.15) is 4.31 Å². The summed E-state index contributed by atoms with van der Waals surface area (Å²) in [4.78, 5) is 12.4. The quantitative estimate of drug-likeness (QED) is 0.888. The molecule has 0 spiro atoms. The summed E-state index contributed by atoms with van der Waals surface area (Å²) in [5, 5.41) is 2.48. The van der Waals surface area contributed by atoms with E-state index >= 15 is 0 Å². The van der Waals surface area contributed by atoms with Gasteiger partial charge in [-0.05, 0) is 55.2 Å². The van der Waals surface area contributed by atoms with Gasteiger partial charge < -0.3 is 5.32 Å². The molecular weight excluding hydrogens is 355 g/mol. The molecule has 5 nitrogen and oxygen atoms in total. The van der Waals surface area contributed by atoms with Crippen molar-refractivity contribution in [2.24, 2.45) is 5.92 Å². The fourth-order valence-electron chi connectivity index (χ4n) is 2.91. The van der Waals surface area contributed by atoms with E-state index in [1.54, 1.807) is 6.07 Å². The third-order valence-electron chi connectivity index (χ3n) is 4.62. The summed E-state index contributed by atoms with van der Waals surface area (Å²) in [6, 6.07) is 11.6. The highest BCUT2D eigenvalue weighted by molar-refractivity contribution is 7.89. The molecule has 1 aliphatic heterocycles. The van der Waals surface area contributed by atoms with Gasteiger partial charge in [0.05, 0.1) is 10.6 Å². The van der Waals surface area contributed by atoms with Crippen molar-refractivity contribution in [1.29, 1.82) is 0 Å². The molecule has 26 heavy (non-hydrogen) atoms. The van der Waals surface area contributed by atoms with Crippen LogP contribution in [-0.2, 0) is 10.0 Å². The Morgan fingerprint density at radius 3 is 2.31 bits per heavy atom. The molecule has 7 heteroatoms. The molecule has 1 N–H and O–H groups in total. The number of nitrogens with one attached hydrogen (secondary N) is 1. The van der Waals surface area contributed by atoms with E-state index < -0.39 is 21.7 Å². The normalized spacial score (nSPS) is 16.4. The van der Waals surface area contributed by atoms with Crippen LogP contribution in [0, 0.1) is 11.7 Å². The number of carbonyl (C=O) groups excluding carboxylic acids is 1. The van der Waals surface area contributed by atoms with E-state index in [9.17, 15) is 17.6 Å². The standard InChI is InChI=1S/C19H21FN2O3S/c1-14-10-12-22(13-11-14)26(24,25)16-8-6-15(7-9-16)19(23)21-18-5-3-2-4-17(18)20/h2-9,14H,10-13H2,1H3,(H,21,23). The number of sulfonamides is 1. The first-order chi connectivity index (χ1) is 12.4. The smallest absolute Gasteiger partial charge is 0.255 e. The van der Waals surface area contributed by atoms with Crippen LogP contribution < -0.4 is 5.32 Å². The van der Waals surface area contributed by atoms with Gasteiger partial charge in [-0.3, -0.25) is 4.79 Å². The van der Waals surface area contributed by atoms with Gasteiger partial charge in [0, 0.05) is 18.7 Å². The van der Waals surface area contributed by atoms with Crippen molar-refractivity contribution in [3.8, 4) is 0 Å². The summed E-state index contributed by atoms with van der Waals surface area (Å²) in [5.41, 5.74) is 0.344. The van der Waals surface area contributed by atoms with E-state index in [-0.39, 0.29) is 16.1 Å². The number of carbonyl (C=O) groups is 1. The fourth-order valence-corrected chi connectivity index (χ4v) is 4.38. The lowest BCUT2D eigenvalue weighted by atomic mass is 10.0. The molecule has 1 heterocycles. The predicted octanol–water partition coefficient (Wildman–Crippen LogP) is 3.50. The molecule has 138 valence electrons. The number of piperidine rings is 1. The third-order valence-corrected chi connectivity index (χ3v) is 6.53. The van der Waals surface area contributed by atoms with Gasteiger partial charge in [-0.25, -0.2) is 12.8 Å². The number of para-hydroxylation sites is 1. The fraction of sp³-hybridized carbons (Fsp3) is 0.316. The molecule has 0 bridgehead atoms. The van der Waals surface area contributed by atoms with Gasteiger partial charge in [0.1, 0.15) is 5.82 Å². The van der Waals surface area contributed by atoms with Crippen molar-refractivity contribution in [2.45, 2.75) is 24.7 Å². The average Bonchev–Trinajstić information content (AvgIpc) is 2.64. The first kappa shape index (κ1) is 18.5. The Bertz CT molecular complexity index is 889. The van der Waals surface area contributed by atoms with E-state index in [0.29, 0.717) is 19.0 Å². The van der Waals surface area contributed by atoms with Crippen LogP contribution in [0.4, 0.5) is 10.1 Å². The second kappa shape index (κ2) is 7.55. The van der Waals surface area contributed by atoms with Crippen molar-refractivity contribution >= 4 is 21.6 Å². The molecule has 3 rings (SSSR count). The molecule has 0 saturated carbocycles. The number of rotatable bonds is 4. The number of halogens is 1. The Kier molecular flexibility index (Phi) is 5.38.